The van der Waals surface area contributed by atoms with Crippen molar-refractivity contribution in [2.75, 3.05) is 5.32 Å². The third kappa shape index (κ3) is 2.13. The van der Waals surface area contributed by atoms with Crippen LogP contribution in [0.15, 0.2) is 12.3 Å². The third-order valence-corrected chi connectivity index (χ3v) is 3.85. The van der Waals surface area contributed by atoms with Crippen LogP contribution < -0.4 is 5.32 Å². The monoisotopic (exact) mass is 297 g/mol. The van der Waals surface area contributed by atoms with Crippen LogP contribution in [0.3, 0.4) is 0 Å². The highest BCUT2D eigenvalue weighted by atomic mass is 15.3. The summed E-state index contributed by atoms with van der Waals surface area (Å²) in [4.78, 5) is 9.15. The maximum Gasteiger partial charge on any atom is 0.202 e. The van der Waals surface area contributed by atoms with Gasteiger partial charge in [-0.2, -0.15) is 5.10 Å². The molecule has 3 aromatic rings. The second-order valence-corrected chi connectivity index (χ2v) is 6.14. The molecular formula is C15H19N7. The molecule has 0 bridgehead atoms. The molecule has 0 radical (unpaired) electrons. The molecule has 0 aliphatic heterocycles. The van der Waals surface area contributed by atoms with Crippen LogP contribution in [-0.2, 0) is 7.05 Å². The molecule has 1 fully saturated rings. The van der Waals surface area contributed by atoms with Crippen LogP contribution in [0.2, 0.25) is 0 Å². The summed E-state index contributed by atoms with van der Waals surface area (Å²) in [6, 6.07) is 2.21. The Bertz CT molecular complexity index is 826. The lowest BCUT2D eigenvalue weighted by Crippen LogP contribution is -2.11. The summed E-state index contributed by atoms with van der Waals surface area (Å²) in [6.45, 7) is 4.18. The molecular weight excluding hydrogens is 278 g/mol. The van der Waals surface area contributed by atoms with E-state index >= 15 is 0 Å². The summed E-state index contributed by atoms with van der Waals surface area (Å²) in [5, 5.41) is 16.3. The molecule has 0 aromatic carbocycles. The van der Waals surface area contributed by atoms with Crippen LogP contribution >= 0.6 is 0 Å². The second-order valence-electron chi connectivity index (χ2n) is 6.14. The maximum atomic E-state index is 4.70. The molecule has 3 aromatic heterocycles. The fourth-order valence-electron chi connectivity index (χ4n) is 2.71. The minimum Gasteiger partial charge on any atom is -0.367 e. The number of hydrogen-bond donors (Lipinski definition) is 2. The van der Waals surface area contributed by atoms with E-state index in [-0.39, 0.29) is 0 Å². The van der Waals surface area contributed by atoms with Gasteiger partial charge in [0.15, 0.2) is 0 Å². The maximum absolute atomic E-state index is 4.70. The van der Waals surface area contributed by atoms with Crippen molar-refractivity contribution in [1.82, 2.24) is 29.9 Å². The molecule has 0 unspecified atom stereocenters. The summed E-state index contributed by atoms with van der Waals surface area (Å²) in [5.41, 5.74) is 1.70. The number of rotatable bonds is 4. The van der Waals surface area contributed by atoms with Crippen molar-refractivity contribution in [1.29, 1.82) is 0 Å². The van der Waals surface area contributed by atoms with Crippen LogP contribution in [0.25, 0.3) is 22.4 Å². The number of anilines is 1. The van der Waals surface area contributed by atoms with Gasteiger partial charge in [0, 0.05) is 25.2 Å². The molecule has 0 amide bonds. The lowest BCUT2D eigenvalue weighted by atomic mass is 10.2. The predicted molar refractivity (Wildman–Crippen MR) is 84.6 cm³/mol. The van der Waals surface area contributed by atoms with Gasteiger partial charge >= 0.3 is 0 Å². The zero-order valence-corrected chi connectivity index (χ0v) is 13.0. The molecule has 7 heteroatoms. The van der Waals surface area contributed by atoms with E-state index in [0.29, 0.717) is 17.8 Å². The molecule has 22 heavy (non-hydrogen) atoms. The fourth-order valence-corrected chi connectivity index (χ4v) is 2.71. The molecule has 4 rings (SSSR count). The molecule has 0 spiro atoms. The lowest BCUT2D eigenvalue weighted by molar-refractivity contribution is 0.705. The molecule has 1 aliphatic carbocycles. The Kier molecular flexibility index (Phi) is 2.88. The van der Waals surface area contributed by atoms with Crippen LogP contribution in [0, 0.1) is 0 Å². The van der Waals surface area contributed by atoms with Crippen molar-refractivity contribution in [3.8, 4) is 11.5 Å². The number of nitrogens with zero attached hydrogens (tertiary/aromatic N) is 5. The standard InChI is InChI=1S/C15H19N7/c1-8(2)17-13-11-10(6-7-16-13)19-20-12(11)14-18-15(9-4-5-9)22(3)21-14/h6-9H,4-5H2,1-3H3,(H,16,17)(H,19,20). The molecule has 1 aliphatic rings. The van der Waals surface area contributed by atoms with E-state index in [2.05, 4.69) is 39.4 Å². The summed E-state index contributed by atoms with van der Waals surface area (Å²) in [7, 11) is 1.95. The topological polar surface area (TPSA) is 84.3 Å². The van der Waals surface area contributed by atoms with Gasteiger partial charge in [-0.05, 0) is 32.8 Å². The summed E-state index contributed by atoms with van der Waals surface area (Å²) in [5.74, 6) is 3.09. The summed E-state index contributed by atoms with van der Waals surface area (Å²) in [6.07, 6.45) is 4.18. The summed E-state index contributed by atoms with van der Waals surface area (Å²) < 4.78 is 1.87. The minimum absolute atomic E-state index is 0.291. The number of H-pyrrole nitrogens is 1. The van der Waals surface area contributed by atoms with Gasteiger partial charge < -0.3 is 5.32 Å². The van der Waals surface area contributed by atoms with Gasteiger partial charge in [0.25, 0.3) is 0 Å². The van der Waals surface area contributed by atoms with Gasteiger partial charge in [0.1, 0.15) is 17.3 Å². The van der Waals surface area contributed by atoms with Crippen molar-refractivity contribution in [3.05, 3.63) is 18.1 Å². The van der Waals surface area contributed by atoms with Crippen molar-refractivity contribution in [2.24, 2.45) is 7.05 Å². The predicted octanol–water partition coefficient (Wildman–Crippen LogP) is 2.45. The number of aryl methyl sites for hydroxylation is 1. The van der Waals surface area contributed by atoms with Crippen molar-refractivity contribution in [3.63, 3.8) is 0 Å². The number of aromatic amines is 1. The zero-order chi connectivity index (χ0) is 15.3. The highest BCUT2D eigenvalue weighted by Crippen LogP contribution is 2.39. The van der Waals surface area contributed by atoms with Crippen molar-refractivity contribution >= 4 is 16.7 Å². The van der Waals surface area contributed by atoms with E-state index in [9.17, 15) is 0 Å². The van der Waals surface area contributed by atoms with E-state index in [0.717, 1.165) is 28.2 Å². The number of nitrogens with one attached hydrogen (secondary N) is 2. The van der Waals surface area contributed by atoms with Crippen molar-refractivity contribution in [2.45, 2.75) is 38.6 Å². The molecule has 7 nitrogen and oxygen atoms in total. The molecule has 2 N–H and O–H groups in total. The van der Waals surface area contributed by atoms with E-state index in [1.165, 1.54) is 12.8 Å². The normalized spacial score (nSPS) is 14.9. The third-order valence-electron chi connectivity index (χ3n) is 3.85. The molecule has 0 saturated heterocycles. The first-order chi connectivity index (χ1) is 10.6. The fraction of sp³-hybridized carbons (Fsp3) is 0.467. The van der Waals surface area contributed by atoms with E-state index < -0.39 is 0 Å². The lowest BCUT2D eigenvalue weighted by Gasteiger charge is -2.09. The first-order valence-corrected chi connectivity index (χ1v) is 7.64. The largest absolute Gasteiger partial charge is 0.367 e. The van der Waals surface area contributed by atoms with Crippen LogP contribution in [-0.4, -0.2) is 36.0 Å². The molecule has 0 atom stereocenters. The van der Waals surface area contributed by atoms with E-state index in [1.807, 2.05) is 17.8 Å². The Labute approximate surface area is 128 Å². The van der Waals surface area contributed by atoms with Gasteiger partial charge in [0.05, 0.1) is 10.9 Å². The van der Waals surface area contributed by atoms with Crippen molar-refractivity contribution < 1.29 is 0 Å². The van der Waals surface area contributed by atoms with E-state index in [4.69, 9.17) is 4.98 Å². The number of fused-ring (bicyclic) bond motifs is 1. The first-order valence-electron chi connectivity index (χ1n) is 7.64. The minimum atomic E-state index is 0.291. The zero-order valence-electron chi connectivity index (χ0n) is 13.0. The molecule has 1 saturated carbocycles. The average Bonchev–Trinajstić information content (AvgIpc) is 3.09. The summed E-state index contributed by atoms with van der Waals surface area (Å²) >= 11 is 0. The Morgan fingerprint density at radius 2 is 2.18 bits per heavy atom. The van der Waals surface area contributed by atoms with Crippen LogP contribution in [0.4, 0.5) is 5.82 Å². The Morgan fingerprint density at radius 1 is 1.36 bits per heavy atom. The van der Waals surface area contributed by atoms with Crippen LogP contribution in [0.1, 0.15) is 38.4 Å². The SMILES string of the molecule is CC(C)Nc1nccc2[nH]nc(-c3nc(C4CC4)n(C)n3)c12. The van der Waals surface area contributed by atoms with Gasteiger partial charge in [-0.3, -0.25) is 9.78 Å². The smallest absolute Gasteiger partial charge is 0.202 e. The van der Waals surface area contributed by atoms with Gasteiger partial charge in [-0.1, -0.05) is 0 Å². The molecule has 114 valence electrons. The quantitative estimate of drug-likeness (QED) is 0.772. The Hall–Kier alpha value is -2.44. The highest BCUT2D eigenvalue weighted by Gasteiger charge is 2.30. The van der Waals surface area contributed by atoms with Gasteiger partial charge in [-0.15, -0.1) is 5.10 Å². The first kappa shape index (κ1) is 13.2. The molecule has 3 heterocycles. The number of hydrogen-bond acceptors (Lipinski definition) is 5. The number of pyridine rings is 1. The van der Waals surface area contributed by atoms with Crippen LogP contribution in [0.5, 0.6) is 0 Å². The number of aromatic nitrogens is 6. The second kappa shape index (κ2) is 4.79. The van der Waals surface area contributed by atoms with Gasteiger partial charge in [-0.25, -0.2) is 9.97 Å². The highest BCUT2D eigenvalue weighted by molar-refractivity contribution is 5.99. The van der Waals surface area contributed by atoms with E-state index in [1.54, 1.807) is 6.20 Å². The average molecular weight is 297 g/mol. The van der Waals surface area contributed by atoms with Gasteiger partial charge in [0.2, 0.25) is 5.82 Å². The Morgan fingerprint density at radius 3 is 2.91 bits per heavy atom. The Balaban J connectivity index is 1.86.